The molecule has 0 N–H and O–H groups in total. The van der Waals surface area contributed by atoms with E-state index in [1.54, 1.807) is 0 Å². The van der Waals surface area contributed by atoms with Crippen molar-refractivity contribution in [1.29, 1.82) is 0 Å². The highest BCUT2D eigenvalue weighted by Crippen LogP contribution is 2.37. The van der Waals surface area contributed by atoms with Gasteiger partial charge in [0.1, 0.15) is 11.2 Å². The van der Waals surface area contributed by atoms with E-state index >= 15 is 0 Å². The second-order valence-electron chi connectivity index (χ2n) is 9.67. The highest BCUT2D eigenvalue weighted by atomic mass is 16.3. The Morgan fingerprint density at radius 2 is 1.03 bits per heavy atom. The van der Waals surface area contributed by atoms with Crippen molar-refractivity contribution < 1.29 is 4.42 Å². The van der Waals surface area contributed by atoms with Crippen LogP contribution in [-0.2, 0) is 0 Å². The molecular weight excluding hydrogens is 478 g/mol. The molecule has 182 valence electrons. The molecule has 0 saturated carbocycles. The summed E-state index contributed by atoms with van der Waals surface area (Å²) >= 11 is 0. The summed E-state index contributed by atoms with van der Waals surface area (Å²) in [5, 5.41) is 6.81. The number of rotatable bonds is 3. The molecule has 0 radical (unpaired) electrons. The summed E-state index contributed by atoms with van der Waals surface area (Å²) in [5.41, 5.74) is 4.69. The SMILES string of the molecule is c1ccc(-c2nc(-c3ccccc3)nc(-c3cccc4c3ccc3cc5oc6ccccc6c5cc34)n2)cc1. The summed E-state index contributed by atoms with van der Waals surface area (Å²) in [6, 6.07) is 43.4. The lowest BCUT2D eigenvalue weighted by Crippen LogP contribution is -2.00. The smallest absolute Gasteiger partial charge is 0.164 e. The van der Waals surface area contributed by atoms with Crippen LogP contribution in [0.1, 0.15) is 0 Å². The molecule has 0 unspecified atom stereocenters. The van der Waals surface area contributed by atoms with E-state index in [9.17, 15) is 0 Å². The largest absolute Gasteiger partial charge is 0.456 e. The summed E-state index contributed by atoms with van der Waals surface area (Å²) in [5.74, 6) is 1.97. The first-order chi connectivity index (χ1) is 19.3. The van der Waals surface area contributed by atoms with Crippen molar-refractivity contribution >= 4 is 43.5 Å². The van der Waals surface area contributed by atoms with Crippen LogP contribution < -0.4 is 0 Å². The van der Waals surface area contributed by atoms with Crippen molar-refractivity contribution in [2.75, 3.05) is 0 Å². The normalized spacial score (nSPS) is 11.6. The van der Waals surface area contributed by atoms with Gasteiger partial charge in [0.15, 0.2) is 17.5 Å². The molecule has 6 aromatic carbocycles. The summed E-state index contributed by atoms with van der Waals surface area (Å²) in [6.07, 6.45) is 0. The Balaban J connectivity index is 1.39. The van der Waals surface area contributed by atoms with Gasteiger partial charge in [-0.3, -0.25) is 0 Å². The lowest BCUT2D eigenvalue weighted by molar-refractivity contribution is 0.669. The van der Waals surface area contributed by atoms with Gasteiger partial charge in [-0.25, -0.2) is 15.0 Å². The standard InChI is InChI=1S/C35H21N3O/c1-3-10-22(11-4-1)33-36-34(23-12-5-2-6-13-23)38-35(37-33)28-16-9-15-25-26(28)19-18-24-20-32-30(21-29(24)25)27-14-7-8-17-31(27)39-32/h1-21H. The average Bonchev–Trinajstić information content (AvgIpc) is 3.38. The first kappa shape index (κ1) is 21.7. The van der Waals surface area contributed by atoms with Gasteiger partial charge in [0, 0.05) is 27.5 Å². The zero-order valence-corrected chi connectivity index (χ0v) is 20.9. The molecule has 8 aromatic rings. The van der Waals surface area contributed by atoms with E-state index in [1.165, 1.54) is 5.39 Å². The first-order valence-electron chi connectivity index (χ1n) is 13.0. The minimum absolute atomic E-state index is 0.655. The van der Waals surface area contributed by atoms with Gasteiger partial charge in [-0.05, 0) is 39.7 Å². The van der Waals surface area contributed by atoms with Gasteiger partial charge >= 0.3 is 0 Å². The van der Waals surface area contributed by atoms with Crippen LogP contribution in [0.2, 0.25) is 0 Å². The van der Waals surface area contributed by atoms with Crippen molar-refractivity contribution in [3.8, 4) is 34.2 Å². The lowest BCUT2D eigenvalue weighted by Gasteiger charge is -2.11. The molecule has 0 aliphatic rings. The molecule has 4 heteroatoms. The zero-order valence-electron chi connectivity index (χ0n) is 20.9. The number of furan rings is 1. The third-order valence-electron chi connectivity index (χ3n) is 7.32. The van der Waals surface area contributed by atoms with Crippen molar-refractivity contribution in [1.82, 2.24) is 15.0 Å². The van der Waals surface area contributed by atoms with Crippen LogP contribution in [0, 0.1) is 0 Å². The van der Waals surface area contributed by atoms with Crippen LogP contribution in [-0.4, -0.2) is 15.0 Å². The summed E-state index contributed by atoms with van der Waals surface area (Å²) in [6.45, 7) is 0. The minimum atomic E-state index is 0.655. The highest BCUT2D eigenvalue weighted by Gasteiger charge is 2.16. The van der Waals surface area contributed by atoms with Crippen molar-refractivity contribution in [2.45, 2.75) is 0 Å². The molecule has 0 aliphatic heterocycles. The van der Waals surface area contributed by atoms with Crippen LogP contribution in [0.4, 0.5) is 0 Å². The van der Waals surface area contributed by atoms with E-state index in [0.29, 0.717) is 17.5 Å². The fourth-order valence-corrected chi connectivity index (χ4v) is 5.43. The molecule has 4 nitrogen and oxygen atoms in total. The number of aromatic nitrogens is 3. The maximum Gasteiger partial charge on any atom is 0.164 e. The molecule has 0 fully saturated rings. The number of hydrogen-bond donors (Lipinski definition) is 0. The van der Waals surface area contributed by atoms with E-state index < -0.39 is 0 Å². The second kappa shape index (κ2) is 8.61. The van der Waals surface area contributed by atoms with E-state index in [4.69, 9.17) is 19.4 Å². The average molecular weight is 500 g/mol. The van der Waals surface area contributed by atoms with Crippen LogP contribution in [0.5, 0.6) is 0 Å². The van der Waals surface area contributed by atoms with Gasteiger partial charge < -0.3 is 4.42 Å². The van der Waals surface area contributed by atoms with Crippen molar-refractivity contribution in [3.63, 3.8) is 0 Å². The topological polar surface area (TPSA) is 51.8 Å². The number of hydrogen-bond acceptors (Lipinski definition) is 4. The van der Waals surface area contributed by atoms with E-state index in [0.717, 1.165) is 54.8 Å². The number of nitrogens with zero attached hydrogens (tertiary/aromatic N) is 3. The van der Waals surface area contributed by atoms with Gasteiger partial charge in [0.05, 0.1) is 0 Å². The summed E-state index contributed by atoms with van der Waals surface area (Å²) in [4.78, 5) is 14.8. The molecule has 0 bridgehead atoms. The molecule has 0 aliphatic carbocycles. The number of fused-ring (bicyclic) bond motifs is 6. The Hall–Kier alpha value is -5.35. The van der Waals surface area contributed by atoms with Crippen molar-refractivity contribution in [2.24, 2.45) is 0 Å². The summed E-state index contributed by atoms with van der Waals surface area (Å²) in [7, 11) is 0. The lowest BCUT2D eigenvalue weighted by atomic mass is 9.96. The van der Waals surface area contributed by atoms with Gasteiger partial charge in [-0.15, -0.1) is 0 Å². The third kappa shape index (κ3) is 3.57. The molecule has 2 aromatic heterocycles. The second-order valence-corrected chi connectivity index (χ2v) is 9.67. The molecular formula is C35H21N3O. The van der Waals surface area contributed by atoms with Gasteiger partial charge in [-0.2, -0.15) is 0 Å². The minimum Gasteiger partial charge on any atom is -0.456 e. The quantitative estimate of drug-likeness (QED) is 0.228. The van der Waals surface area contributed by atoms with E-state index in [1.807, 2.05) is 72.8 Å². The Morgan fingerprint density at radius 1 is 0.385 bits per heavy atom. The van der Waals surface area contributed by atoms with Crippen LogP contribution in [0.3, 0.4) is 0 Å². The predicted molar refractivity (Wildman–Crippen MR) is 158 cm³/mol. The maximum atomic E-state index is 6.15. The first-order valence-corrected chi connectivity index (χ1v) is 13.0. The predicted octanol–water partition coefficient (Wildman–Crippen LogP) is 9.08. The molecule has 0 atom stereocenters. The number of benzene rings is 6. The Kier molecular flexibility index (Phi) is 4.79. The third-order valence-corrected chi connectivity index (χ3v) is 7.32. The fourth-order valence-electron chi connectivity index (χ4n) is 5.43. The van der Waals surface area contributed by atoms with Crippen molar-refractivity contribution in [3.05, 3.63) is 127 Å². The molecule has 0 spiro atoms. The zero-order chi connectivity index (χ0) is 25.8. The van der Waals surface area contributed by atoms with Crippen LogP contribution in [0.25, 0.3) is 77.6 Å². The Bertz CT molecular complexity index is 2110. The van der Waals surface area contributed by atoms with Gasteiger partial charge in [-0.1, -0.05) is 109 Å². The van der Waals surface area contributed by atoms with E-state index in [2.05, 4.69) is 54.6 Å². The van der Waals surface area contributed by atoms with E-state index in [-0.39, 0.29) is 0 Å². The molecule has 8 rings (SSSR count). The van der Waals surface area contributed by atoms with Crippen LogP contribution in [0.15, 0.2) is 132 Å². The Labute approximate surface area is 224 Å². The van der Waals surface area contributed by atoms with Crippen LogP contribution >= 0.6 is 0 Å². The monoisotopic (exact) mass is 499 g/mol. The molecule has 0 amide bonds. The highest BCUT2D eigenvalue weighted by molar-refractivity contribution is 6.18. The number of para-hydroxylation sites is 1. The molecule has 2 heterocycles. The maximum absolute atomic E-state index is 6.15. The summed E-state index contributed by atoms with van der Waals surface area (Å²) < 4.78 is 6.15. The van der Waals surface area contributed by atoms with Gasteiger partial charge in [0.2, 0.25) is 0 Å². The fraction of sp³-hybridized carbons (Fsp3) is 0. The van der Waals surface area contributed by atoms with Gasteiger partial charge in [0.25, 0.3) is 0 Å². The molecule has 39 heavy (non-hydrogen) atoms. The molecule has 0 saturated heterocycles. The Morgan fingerprint density at radius 3 is 1.77 bits per heavy atom.